The van der Waals surface area contributed by atoms with Gasteiger partial charge in [-0.05, 0) is 0 Å². The fourth-order valence-electron chi connectivity index (χ4n) is 1.79. The van der Waals surface area contributed by atoms with E-state index in [-0.39, 0.29) is 13.4 Å². The molecule has 1 aliphatic heterocycles. The summed E-state index contributed by atoms with van der Waals surface area (Å²) in [6, 6.07) is 1.73. The molecule has 0 atom stereocenters. The van der Waals surface area contributed by atoms with Gasteiger partial charge in [0.05, 0.1) is 0 Å². The van der Waals surface area contributed by atoms with Crippen molar-refractivity contribution in [3.63, 3.8) is 0 Å². The number of anilines is 2. The van der Waals surface area contributed by atoms with E-state index in [0.29, 0.717) is 24.9 Å². The van der Waals surface area contributed by atoms with Crippen molar-refractivity contribution in [3.8, 4) is 0 Å². The van der Waals surface area contributed by atoms with Crippen LogP contribution in [0.3, 0.4) is 0 Å². The summed E-state index contributed by atoms with van der Waals surface area (Å²) in [5.41, 5.74) is 8.13. The second-order valence-corrected chi connectivity index (χ2v) is 3.87. The van der Waals surface area contributed by atoms with Crippen LogP contribution in [-0.4, -0.2) is 53.7 Å². The minimum atomic E-state index is 0. The summed E-state index contributed by atoms with van der Waals surface area (Å²) in [6.45, 7) is 6.24. The summed E-state index contributed by atoms with van der Waals surface area (Å²) < 4.78 is 0. The number of guanidine groups is 1. The minimum absolute atomic E-state index is 0. The molecule has 0 aromatic carbocycles. The normalized spacial score (nSPS) is 14.5. The van der Waals surface area contributed by atoms with Gasteiger partial charge in [0.2, 0.25) is 5.95 Å². The van der Waals surface area contributed by atoms with Crippen LogP contribution in [0.15, 0.2) is 17.4 Å². The first kappa shape index (κ1) is 14.7. The van der Waals surface area contributed by atoms with E-state index < -0.39 is 0 Å². The van der Waals surface area contributed by atoms with Gasteiger partial charge in [-0.3, -0.25) is 10.8 Å². The van der Waals surface area contributed by atoms with Crippen molar-refractivity contribution < 1.29 is 0 Å². The van der Waals surface area contributed by atoms with Crippen molar-refractivity contribution >= 4 is 24.4 Å². The molecule has 0 saturated carbocycles. The lowest BCUT2D eigenvalue weighted by atomic mass is 10.3. The van der Waals surface area contributed by atoms with E-state index in [0.717, 1.165) is 13.1 Å². The highest BCUT2D eigenvalue weighted by Gasteiger charge is 2.19. The number of piperazine rings is 1. The molecule has 0 radical (unpaired) electrons. The van der Waals surface area contributed by atoms with Crippen molar-refractivity contribution in [3.05, 3.63) is 12.3 Å². The van der Waals surface area contributed by atoms with Crippen LogP contribution in [0.25, 0.3) is 0 Å². The number of nitrogens with one attached hydrogen (secondary N) is 2. The van der Waals surface area contributed by atoms with Crippen molar-refractivity contribution in [2.45, 2.75) is 7.43 Å². The highest BCUT2D eigenvalue weighted by Crippen LogP contribution is 2.13. The average Bonchev–Trinajstić information content (AvgIpc) is 2.39. The SMILES string of the molecule is C.C=NNc1ccnc(N2CCN(C(=N)N)CC2)n1. The van der Waals surface area contributed by atoms with Gasteiger partial charge in [-0.1, -0.05) is 7.43 Å². The zero-order valence-corrected chi connectivity index (χ0v) is 10.0. The Labute approximate surface area is 112 Å². The number of nitrogens with two attached hydrogens (primary N) is 1. The molecule has 1 fully saturated rings. The van der Waals surface area contributed by atoms with Crippen LogP contribution >= 0.6 is 0 Å². The van der Waals surface area contributed by atoms with E-state index in [1.54, 1.807) is 12.3 Å². The highest BCUT2D eigenvalue weighted by molar-refractivity contribution is 5.74. The van der Waals surface area contributed by atoms with Crippen LogP contribution in [0, 0.1) is 5.41 Å². The molecule has 1 saturated heterocycles. The molecule has 2 heterocycles. The first-order valence-corrected chi connectivity index (χ1v) is 5.59. The number of aromatic nitrogens is 2. The summed E-state index contributed by atoms with van der Waals surface area (Å²) in [5.74, 6) is 1.37. The maximum atomic E-state index is 7.37. The van der Waals surface area contributed by atoms with Gasteiger partial charge in [0.15, 0.2) is 11.8 Å². The van der Waals surface area contributed by atoms with Gasteiger partial charge >= 0.3 is 0 Å². The first-order chi connectivity index (χ1) is 8.70. The molecule has 1 aliphatic rings. The van der Waals surface area contributed by atoms with Gasteiger partial charge in [0.1, 0.15) is 0 Å². The monoisotopic (exact) mass is 264 g/mol. The van der Waals surface area contributed by atoms with Gasteiger partial charge in [0, 0.05) is 45.2 Å². The number of hydrogen-bond acceptors (Lipinski definition) is 6. The average molecular weight is 264 g/mol. The number of nitrogens with zero attached hydrogens (tertiary/aromatic N) is 5. The van der Waals surface area contributed by atoms with Gasteiger partial charge in [-0.15, -0.1) is 0 Å². The summed E-state index contributed by atoms with van der Waals surface area (Å²) >= 11 is 0. The topological polar surface area (TPSA) is 107 Å². The standard InChI is InChI=1S/C10H16N8.CH4/c1-13-16-8-2-3-14-10(15-8)18-6-4-17(5-7-18)9(11)12;/h2-3H,1,4-7H2,(H3,11,12)(H,14,15,16);1H4. The Morgan fingerprint density at radius 3 is 2.68 bits per heavy atom. The third-order valence-corrected chi connectivity index (χ3v) is 2.74. The molecule has 0 unspecified atom stereocenters. The molecule has 1 aromatic rings. The van der Waals surface area contributed by atoms with Crippen LogP contribution in [0.4, 0.5) is 11.8 Å². The minimum Gasteiger partial charge on any atom is -0.370 e. The third-order valence-electron chi connectivity index (χ3n) is 2.74. The van der Waals surface area contributed by atoms with Crippen LogP contribution in [0.5, 0.6) is 0 Å². The number of hydrogen-bond donors (Lipinski definition) is 3. The molecule has 0 bridgehead atoms. The van der Waals surface area contributed by atoms with Gasteiger partial charge < -0.3 is 15.5 Å². The molecule has 19 heavy (non-hydrogen) atoms. The molecule has 0 amide bonds. The van der Waals surface area contributed by atoms with Crippen molar-refractivity contribution in [2.75, 3.05) is 36.5 Å². The second kappa shape index (κ2) is 6.53. The van der Waals surface area contributed by atoms with E-state index in [1.165, 1.54) is 0 Å². The fraction of sp³-hybridized carbons (Fsp3) is 0.455. The molecular formula is C11H20N8. The van der Waals surface area contributed by atoms with Gasteiger partial charge in [-0.2, -0.15) is 10.1 Å². The van der Waals surface area contributed by atoms with Crippen LogP contribution in [-0.2, 0) is 0 Å². The van der Waals surface area contributed by atoms with Crippen molar-refractivity contribution in [1.82, 2.24) is 14.9 Å². The molecular weight excluding hydrogens is 244 g/mol. The smallest absolute Gasteiger partial charge is 0.227 e. The highest BCUT2D eigenvalue weighted by atomic mass is 15.4. The summed E-state index contributed by atoms with van der Waals surface area (Å²) in [6.07, 6.45) is 1.67. The maximum absolute atomic E-state index is 7.37. The zero-order chi connectivity index (χ0) is 13.0. The molecule has 0 aliphatic carbocycles. The molecule has 8 heteroatoms. The molecule has 1 aromatic heterocycles. The summed E-state index contributed by atoms with van der Waals surface area (Å²) in [4.78, 5) is 12.4. The van der Waals surface area contributed by atoms with E-state index in [4.69, 9.17) is 11.1 Å². The van der Waals surface area contributed by atoms with E-state index in [2.05, 4.69) is 27.2 Å². The van der Waals surface area contributed by atoms with Crippen LogP contribution in [0.1, 0.15) is 7.43 Å². The molecule has 104 valence electrons. The van der Waals surface area contributed by atoms with Crippen molar-refractivity contribution in [1.29, 1.82) is 5.41 Å². The predicted octanol–water partition coefficient (Wildman–Crippen LogP) is 0.156. The van der Waals surface area contributed by atoms with Gasteiger partial charge in [-0.25, -0.2) is 4.98 Å². The van der Waals surface area contributed by atoms with Crippen molar-refractivity contribution in [2.24, 2.45) is 10.8 Å². The Morgan fingerprint density at radius 1 is 1.42 bits per heavy atom. The molecule has 2 rings (SSSR count). The lowest BCUT2D eigenvalue weighted by molar-refractivity contribution is 0.377. The summed E-state index contributed by atoms with van der Waals surface area (Å²) in [5, 5.41) is 10.9. The maximum Gasteiger partial charge on any atom is 0.227 e. The lowest BCUT2D eigenvalue weighted by Crippen LogP contribution is -2.51. The molecule has 8 nitrogen and oxygen atoms in total. The Hall–Kier alpha value is -2.38. The zero-order valence-electron chi connectivity index (χ0n) is 10.0. The Morgan fingerprint density at radius 2 is 2.11 bits per heavy atom. The third kappa shape index (κ3) is 3.54. The van der Waals surface area contributed by atoms with E-state index in [1.807, 2.05) is 9.80 Å². The Balaban J connectivity index is 0.00000180. The van der Waals surface area contributed by atoms with Gasteiger partial charge in [0.25, 0.3) is 0 Å². The fourth-order valence-corrected chi connectivity index (χ4v) is 1.79. The Kier molecular flexibility index (Phi) is 5.04. The molecule has 0 spiro atoms. The summed E-state index contributed by atoms with van der Waals surface area (Å²) in [7, 11) is 0. The van der Waals surface area contributed by atoms with E-state index >= 15 is 0 Å². The Bertz CT molecular complexity index is 438. The number of rotatable bonds is 3. The van der Waals surface area contributed by atoms with E-state index in [9.17, 15) is 0 Å². The first-order valence-electron chi connectivity index (χ1n) is 5.59. The lowest BCUT2D eigenvalue weighted by Gasteiger charge is -2.34. The predicted molar refractivity (Wildman–Crippen MR) is 77.6 cm³/mol. The molecule has 4 N–H and O–H groups in total. The number of hydrazone groups is 1. The quantitative estimate of drug-likeness (QED) is 0.408. The largest absolute Gasteiger partial charge is 0.370 e. The van der Waals surface area contributed by atoms with Crippen LogP contribution < -0.4 is 16.1 Å². The second-order valence-electron chi connectivity index (χ2n) is 3.87. The van der Waals surface area contributed by atoms with Crippen LogP contribution in [0.2, 0.25) is 0 Å².